The molecule has 0 radical (unpaired) electrons. The number of benzene rings is 2. The summed E-state index contributed by atoms with van der Waals surface area (Å²) in [5.41, 5.74) is 0.896. The molecule has 12 heteroatoms. The molecular formula is C25H20ClNO8S2. The molecule has 192 valence electrons. The first-order valence-corrected chi connectivity index (χ1v) is 13.5. The van der Waals surface area contributed by atoms with E-state index in [0.29, 0.717) is 21.0 Å². The van der Waals surface area contributed by atoms with Crippen LogP contribution in [0.3, 0.4) is 0 Å². The van der Waals surface area contributed by atoms with Crippen LogP contribution in [0.15, 0.2) is 70.0 Å². The van der Waals surface area contributed by atoms with Crippen molar-refractivity contribution in [1.82, 2.24) is 0 Å². The number of carbonyl (C=O) groups is 2. The average Bonchev–Trinajstić information content (AvgIpc) is 3.41. The number of aryl methyl sites for hydroxylation is 1. The van der Waals surface area contributed by atoms with Crippen molar-refractivity contribution in [2.24, 2.45) is 0 Å². The molecule has 0 aliphatic rings. The number of hydrogen-bond acceptors (Lipinski definition) is 8. The summed E-state index contributed by atoms with van der Waals surface area (Å²) in [6, 6.07) is 16.5. The summed E-state index contributed by atoms with van der Waals surface area (Å²) in [6.07, 6.45) is -1.13. The lowest BCUT2D eigenvalue weighted by molar-refractivity contribution is 0.0703. The van der Waals surface area contributed by atoms with Gasteiger partial charge in [0.05, 0.1) is 12.3 Å². The van der Waals surface area contributed by atoms with Gasteiger partial charge in [-0.05, 0) is 49.7 Å². The Morgan fingerprint density at radius 1 is 1.08 bits per heavy atom. The summed E-state index contributed by atoms with van der Waals surface area (Å²) < 4.78 is 45.5. The fourth-order valence-corrected chi connectivity index (χ4v) is 5.99. The Kier molecular flexibility index (Phi) is 7.58. The van der Waals surface area contributed by atoms with Crippen LogP contribution in [0.5, 0.6) is 5.75 Å². The van der Waals surface area contributed by atoms with Gasteiger partial charge in [-0.2, -0.15) is 0 Å². The highest BCUT2D eigenvalue weighted by atomic mass is 35.5. The van der Waals surface area contributed by atoms with E-state index in [1.165, 1.54) is 37.3 Å². The van der Waals surface area contributed by atoms with Crippen LogP contribution in [0.4, 0.5) is 10.5 Å². The lowest BCUT2D eigenvalue weighted by Crippen LogP contribution is -2.17. The number of carboxylic acid groups (broad SMARTS) is 1. The minimum Gasteiger partial charge on any atom is -0.477 e. The van der Waals surface area contributed by atoms with E-state index in [2.05, 4.69) is 4.72 Å². The Labute approximate surface area is 221 Å². The Morgan fingerprint density at radius 3 is 2.38 bits per heavy atom. The molecule has 2 aromatic heterocycles. The van der Waals surface area contributed by atoms with E-state index in [9.17, 15) is 23.1 Å². The smallest absolute Gasteiger partial charge is 0.477 e. The van der Waals surface area contributed by atoms with Gasteiger partial charge in [-0.25, -0.2) is 18.0 Å². The number of hydrogen-bond donors (Lipinski definition) is 2. The molecule has 0 spiro atoms. The third kappa shape index (κ3) is 5.63. The minimum absolute atomic E-state index is 0.000749. The van der Waals surface area contributed by atoms with E-state index >= 15 is 0 Å². The molecule has 0 aliphatic heterocycles. The molecule has 2 aromatic carbocycles. The maximum absolute atomic E-state index is 13.7. The van der Waals surface area contributed by atoms with Gasteiger partial charge in [-0.15, -0.1) is 11.3 Å². The van der Waals surface area contributed by atoms with Gasteiger partial charge in [-0.3, -0.25) is 4.72 Å². The van der Waals surface area contributed by atoms with E-state index in [1.807, 2.05) is 6.07 Å². The van der Waals surface area contributed by atoms with Crippen molar-refractivity contribution in [2.45, 2.75) is 18.7 Å². The first kappa shape index (κ1) is 26.3. The standard InChI is InChI=1S/C25H20ClNO8S2/c1-3-33-25(30)35-20-14(2)34-21(16-9-11-17(26)12-10-16)23(20)37(31,32)27-18-13-19(36-22(18)24(28)29)15-7-5-4-6-8-15/h4-13,27H,3H2,1-2H3,(H,28,29). The summed E-state index contributed by atoms with van der Waals surface area (Å²) in [5.74, 6) is -1.83. The molecule has 0 saturated heterocycles. The molecule has 0 unspecified atom stereocenters. The second-order valence-electron chi connectivity index (χ2n) is 7.57. The highest BCUT2D eigenvalue weighted by Crippen LogP contribution is 2.43. The van der Waals surface area contributed by atoms with Gasteiger partial charge in [0.25, 0.3) is 10.0 Å². The fourth-order valence-electron chi connectivity index (χ4n) is 3.46. The molecule has 0 aliphatic carbocycles. The molecule has 4 aromatic rings. The molecule has 0 fully saturated rings. The van der Waals surface area contributed by atoms with Crippen LogP contribution in [0.1, 0.15) is 22.4 Å². The second-order valence-corrected chi connectivity index (χ2v) is 10.7. The Hall–Kier alpha value is -3.80. The average molecular weight is 562 g/mol. The van der Waals surface area contributed by atoms with Gasteiger partial charge in [0.2, 0.25) is 0 Å². The summed E-state index contributed by atoms with van der Waals surface area (Å²) in [6.45, 7) is 2.99. The summed E-state index contributed by atoms with van der Waals surface area (Å²) in [7, 11) is -4.56. The lowest BCUT2D eigenvalue weighted by Gasteiger charge is -2.10. The molecule has 4 rings (SSSR count). The topological polar surface area (TPSA) is 132 Å². The van der Waals surface area contributed by atoms with Crippen molar-refractivity contribution in [3.05, 3.63) is 76.3 Å². The summed E-state index contributed by atoms with van der Waals surface area (Å²) >= 11 is 6.89. The number of furan rings is 1. The van der Waals surface area contributed by atoms with E-state index in [0.717, 1.165) is 11.3 Å². The Morgan fingerprint density at radius 2 is 1.76 bits per heavy atom. The Balaban J connectivity index is 1.85. The number of anilines is 1. The van der Waals surface area contributed by atoms with Crippen molar-refractivity contribution in [1.29, 1.82) is 0 Å². The quantitative estimate of drug-likeness (QED) is 0.228. The van der Waals surface area contributed by atoms with Crippen molar-refractivity contribution in [2.75, 3.05) is 11.3 Å². The SMILES string of the molecule is CCOC(=O)Oc1c(C)oc(-c2ccc(Cl)cc2)c1S(=O)(=O)Nc1cc(-c2ccccc2)sc1C(=O)O. The lowest BCUT2D eigenvalue weighted by atomic mass is 10.2. The Bertz CT molecular complexity index is 1560. The maximum atomic E-state index is 13.7. The van der Waals surface area contributed by atoms with Crippen LogP contribution in [-0.4, -0.2) is 32.3 Å². The zero-order valence-electron chi connectivity index (χ0n) is 19.5. The third-order valence-electron chi connectivity index (χ3n) is 5.04. The van der Waals surface area contributed by atoms with E-state index in [4.69, 9.17) is 25.5 Å². The molecule has 0 saturated carbocycles. The highest BCUT2D eigenvalue weighted by Gasteiger charge is 2.34. The number of ether oxygens (including phenoxy) is 2. The number of sulfonamides is 1. The second kappa shape index (κ2) is 10.7. The first-order valence-electron chi connectivity index (χ1n) is 10.8. The third-order valence-corrected chi connectivity index (χ3v) is 7.86. The predicted octanol–water partition coefficient (Wildman–Crippen LogP) is 6.67. The molecule has 0 bridgehead atoms. The highest BCUT2D eigenvalue weighted by molar-refractivity contribution is 7.93. The van der Waals surface area contributed by atoms with E-state index < -0.39 is 27.0 Å². The molecular weight excluding hydrogens is 542 g/mol. The monoisotopic (exact) mass is 561 g/mol. The van der Waals surface area contributed by atoms with Crippen LogP contribution in [0.25, 0.3) is 21.8 Å². The first-order chi connectivity index (χ1) is 17.6. The van der Waals surface area contributed by atoms with E-state index in [1.54, 1.807) is 31.2 Å². The minimum atomic E-state index is -4.56. The molecule has 0 atom stereocenters. The normalized spacial score (nSPS) is 11.2. The number of halogens is 1. The van der Waals surface area contributed by atoms with Crippen molar-refractivity contribution < 1.29 is 37.0 Å². The van der Waals surface area contributed by atoms with Crippen molar-refractivity contribution >= 4 is 50.8 Å². The van der Waals surface area contributed by atoms with Crippen LogP contribution in [0, 0.1) is 6.92 Å². The summed E-state index contributed by atoms with van der Waals surface area (Å²) in [5, 5.41) is 10.2. The largest absolute Gasteiger partial charge is 0.513 e. The number of carbonyl (C=O) groups excluding carboxylic acids is 1. The molecule has 2 heterocycles. The fraction of sp³-hybridized carbons (Fsp3) is 0.120. The summed E-state index contributed by atoms with van der Waals surface area (Å²) in [4.78, 5) is 23.9. The number of rotatable bonds is 8. The van der Waals surface area contributed by atoms with Crippen LogP contribution < -0.4 is 9.46 Å². The predicted molar refractivity (Wildman–Crippen MR) is 139 cm³/mol. The zero-order chi connectivity index (χ0) is 26.7. The maximum Gasteiger partial charge on any atom is 0.513 e. The van der Waals surface area contributed by atoms with Crippen LogP contribution in [0.2, 0.25) is 5.02 Å². The van der Waals surface area contributed by atoms with Crippen molar-refractivity contribution in [3.8, 4) is 27.5 Å². The van der Waals surface area contributed by atoms with Crippen molar-refractivity contribution in [3.63, 3.8) is 0 Å². The molecule has 2 N–H and O–H groups in total. The van der Waals surface area contributed by atoms with Gasteiger partial charge in [0, 0.05) is 15.5 Å². The molecule has 0 amide bonds. The number of carboxylic acids is 1. The zero-order valence-corrected chi connectivity index (χ0v) is 21.9. The molecule has 9 nitrogen and oxygen atoms in total. The van der Waals surface area contributed by atoms with Gasteiger partial charge in [0.15, 0.2) is 16.4 Å². The van der Waals surface area contributed by atoms with Gasteiger partial charge < -0.3 is 19.0 Å². The van der Waals surface area contributed by atoms with Gasteiger partial charge >= 0.3 is 12.1 Å². The van der Waals surface area contributed by atoms with E-state index in [-0.39, 0.29) is 34.4 Å². The molecule has 37 heavy (non-hydrogen) atoms. The van der Waals surface area contributed by atoms with Gasteiger partial charge in [-0.1, -0.05) is 41.9 Å². The van der Waals surface area contributed by atoms with Crippen LogP contribution in [-0.2, 0) is 14.8 Å². The van der Waals surface area contributed by atoms with Crippen LogP contribution >= 0.6 is 22.9 Å². The number of aromatic carboxylic acids is 1. The number of nitrogens with one attached hydrogen (secondary N) is 1. The van der Waals surface area contributed by atoms with Gasteiger partial charge in [0.1, 0.15) is 10.6 Å². The number of thiophene rings is 1.